The van der Waals surface area contributed by atoms with Gasteiger partial charge in [0.05, 0.1) is 24.5 Å². The molecule has 2 aromatic rings. The largest absolute Gasteiger partial charge is 0.488 e. The van der Waals surface area contributed by atoms with Crippen LogP contribution in [0.2, 0.25) is 0 Å². The summed E-state index contributed by atoms with van der Waals surface area (Å²) in [6.07, 6.45) is 0.812. The van der Waals surface area contributed by atoms with E-state index < -0.39 is 4.92 Å². The zero-order chi connectivity index (χ0) is 17.6. The van der Waals surface area contributed by atoms with Crippen LogP contribution in [-0.2, 0) is 11.2 Å². The number of hydrogen-bond acceptors (Lipinski definition) is 5. The Morgan fingerprint density at radius 3 is 2.80 bits per heavy atom. The maximum absolute atomic E-state index is 11.9. The van der Waals surface area contributed by atoms with Crippen LogP contribution in [0.1, 0.15) is 12.0 Å². The second-order valence-electron chi connectivity index (χ2n) is 5.68. The number of carbonyl (C=O) groups is 1. The van der Waals surface area contributed by atoms with E-state index in [1.54, 1.807) is 12.1 Å². The van der Waals surface area contributed by atoms with Crippen molar-refractivity contribution in [3.05, 3.63) is 64.2 Å². The number of para-hydroxylation sites is 3. The molecule has 0 bridgehead atoms. The van der Waals surface area contributed by atoms with Gasteiger partial charge >= 0.3 is 5.69 Å². The van der Waals surface area contributed by atoms with Gasteiger partial charge in [0.15, 0.2) is 5.75 Å². The first-order chi connectivity index (χ1) is 12.1. The summed E-state index contributed by atoms with van der Waals surface area (Å²) in [6, 6.07) is 13.9. The summed E-state index contributed by atoms with van der Waals surface area (Å²) in [7, 11) is 0. The normalized spacial score (nSPS) is 15.1. The lowest BCUT2D eigenvalue weighted by molar-refractivity contribution is -0.385. The smallest absolute Gasteiger partial charge is 0.310 e. The Kier molecular flexibility index (Phi) is 5.13. The van der Waals surface area contributed by atoms with Crippen molar-refractivity contribution in [2.24, 2.45) is 0 Å². The average molecular weight is 342 g/mol. The van der Waals surface area contributed by atoms with Crippen LogP contribution in [0, 0.1) is 10.1 Å². The fraction of sp³-hybridized carbons (Fsp3) is 0.278. The van der Waals surface area contributed by atoms with Gasteiger partial charge in [-0.05, 0) is 17.7 Å². The van der Waals surface area contributed by atoms with Crippen LogP contribution in [0.3, 0.4) is 0 Å². The van der Waals surface area contributed by atoms with Crippen molar-refractivity contribution >= 4 is 11.6 Å². The molecule has 0 unspecified atom stereocenters. The number of rotatable bonds is 7. The van der Waals surface area contributed by atoms with Crippen LogP contribution in [0.4, 0.5) is 5.69 Å². The van der Waals surface area contributed by atoms with Gasteiger partial charge in [0.1, 0.15) is 11.9 Å². The summed E-state index contributed by atoms with van der Waals surface area (Å²) in [5, 5.41) is 13.7. The first-order valence-corrected chi connectivity index (χ1v) is 8.01. The molecule has 7 heteroatoms. The van der Waals surface area contributed by atoms with E-state index in [1.165, 1.54) is 12.1 Å². The molecule has 0 aromatic heterocycles. The molecule has 0 radical (unpaired) electrons. The van der Waals surface area contributed by atoms with Gasteiger partial charge in [-0.1, -0.05) is 30.3 Å². The predicted octanol–water partition coefficient (Wildman–Crippen LogP) is 2.48. The Balaban J connectivity index is 1.40. The third kappa shape index (κ3) is 4.26. The molecule has 1 aliphatic heterocycles. The molecular weight excluding hydrogens is 324 g/mol. The number of nitrogens with zero attached hydrogens (tertiary/aromatic N) is 1. The van der Waals surface area contributed by atoms with Crippen molar-refractivity contribution in [2.45, 2.75) is 18.9 Å². The molecule has 25 heavy (non-hydrogen) atoms. The summed E-state index contributed by atoms with van der Waals surface area (Å²) < 4.78 is 11.1. The highest BCUT2D eigenvalue weighted by Gasteiger charge is 2.22. The SMILES string of the molecule is O=C(CCOc1ccccc1[N+](=O)[O-])NC[C@@H]1Cc2ccccc2O1. The van der Waals surface area contributed by atoms with E-state index in [0.717, 1.165) is 17.7 Å². The highest BCUT2D eigenvalue weighted by molar-refractivity contribution is 5.76. The van der Waals surface area contributed by atoms with Crippen molar-refractivity contribution in [3.8, 4) is 11.5 Å². The van der Waals surface area contributed by atoms with Crippen LogP contribution in [-0.4, -0.2) is 30.1 Å². The van der Waals surface area contributed by atoms with Gasteiger partial charge in [0.25, 0.3) is 0 Å². The summed E-state index contributed by atoms with van der Waals surface area (Å²) >= 11 is 0. The maximum atomic E-state index is 11.9. The Bertz CT molecular complexity index is 753. The summed E-state index contributed by atoms with van der Waals surface area (Å²) in [5.41, 5.74) is 1.03. The number of hydrogen-bond donors (Lipinski definition) is 1. The molecule has 0 fully saturated rings. The molecule has 3 rings (SSSR count). The summed E-state index contributed by atoms with van der Waals surface area (Å²) in [6.45, 7) is 0.488. The second kappa shape index (κ2) is 7.65. The lowest BCUT2D eigenvalue weighted by Crippen LogP contribution is -2.35. The maximum Gasteiger partial charge on any atom is 0.310 e. The topological polar surface area (TPSA) is 90.7 Å². The van der Waals surface area contributed by atoms with E-state index in [2.05, 4.69) is 5.32 Å². The van der Waals surface area contributed by atoms with Gasteiger partial charge in [-0.2, -0.15) is 0 Å². The molecular formula is C18H18N2O5. The van der Waals surface area contributed by atoms with Gasteiger partial charge in [0, 0.05) is 12.5 Å². The lowest BCUT2D eigenvalue weighted by Gasteiger charge is -2.12. The summed E-state index contributed by atoms with van der Waals surface area (Å²) in [4.78, 5) is 22.3. The molecule has 1 heterocycles. The zero-order valence-electron chi connectivity index (χ0n) is 13.5. The number of benzene rings is 2. The third-order valence-corrected chi connectivity index (χ3v) is 3.89. The first kappa shape index (κ1) is 16.8. The molecule has 1 atom stereocenters. The second-order valence-corrected chi connectivity index (χ2v) is 5.68. The molecule has 1 amide bonds. The first-order valence-electron chi connectivity index (χ1n) is 8.01. The van der Waals surface area contributed by atoms with Gasteiger partial charge in [-0.25, -0.2) is 0 Å². The number of fused-ring (bicyclic) bond motifs is 1. The number of nitro groups is 1. The van der Waals surface area contributed by atoms with Crippen LogP contribution < -0.4 is 14.8 Å². The van der Waals surface area contributed by atoms with Crippen molar-refractivity contribution in [1.82, 2.24) is 5.32 Å². The molecule has 1 N–H and O–H groups in total. The number of carbonyl (C=O) groups excluding carboxylic acids is 1. The Morgan fingerprint density at radius 1 is 1.24 bits per heavy atom. The zero-order valence-corrected chi connectivity index (χ0v) is 13.5. The highest BCUT2D eigenvalue weighted by atomic mass is 16.6. The van der Waals surface area contributed by atoms with Crippen molar-refractivity contribution in [1.29, 1.82) is 0 Å². The Labute approximate surface area is 144 Å². The number of ether oxygens (including phenoxy) is 2. The standard InChI is InChI=1S/C18H18N2O5/c21-18(9-10-24-17-8-4-2-6-15(17)20(22)23)19-12-14-11-13-5-1-3-7-16(13)25-14/h1-8,14H,9-12H2,(H,19,21)/t14-/m0/s1. The van der Waals surface area contributed by atoms with Crippen molar-refractivity contribution in [3.63, 3.8) is 0 Å². The highest BCUT2D eigenvalue weighted by Crippen LogP contribution is 2.28. The third-order valence-electron chi connectivity index (χ3n) is 3.89. The van der Waals surface area contributed by atoms with Crippen LogP contribution in [0.15, 0.2) is 48.5 Å². The van der Waals surface area contributed by atoms with E-state index in [9.17, 15) is 14.9 Å². The van der Waals surface area contributed by atoms with Crippen LogP contribution >= 0.6 is 0 Å². The van der Waals surface area contributed by atoms with E-state index in [0.29, 0.717) is 6.54 Å². The number of nitro benzene ring substituents is 1. The van der Waals surface area contributed by atoms with E-state index in [1.807, 2.05) is 24.3 Å². The number of nitrogens with one attached hydrogen (secondary N) is 1. The van der Waals surface area contributed by atoms with Crippen LogP contribution in [0.5, 0.6) is 11.5 Å². The van der Waals surface area contributed by atoms with Gasteiger partial charge in [0.2, 0.25) is 5.91 Å². The minimum Gasteiger partial charge on any atom is -0.488 e. The van der Waals surface area contributed by atoms with Crippen LogP contribution in [0.25, 0.3) is 0 Å². The number of amides is 1. The molecule has 0 saturated heterocycles. The lowest BCUT2D eigenvalue weighted by atomic mass is 10.1. The van der Waals surface area contributed by atoms with E-state index in [4.69, 9.17) is 9.47 Å². The van der Waals surface area contributed by atoms with Crippen molar-refractivity contribution < 1.29 is 19.2 Å². The van der Waals surface area contributed by atoms with Gasteiger partial charge in [-0.3, -0.25) is 14.9 Å². The Morgan fingerprint density at radius 2 is 2.00 bits per heavy atom. The predicted molar refractivity (Wildman–Crippen MR) is 90.8 cm³/mol. The molecule has 2 aromatic carbocycles. The fourth-order valence-corrected chi connectivity index (χ4v) is 2.67. The van der Waals surface area contributed by atoms with E-state index in [-0.39, 0.29) is 36.5 Å². The summed E-state index contributed by atoms with van der Waals surface area (Å²) in [5.74, 6) is 0.842. The molecule has 0 spiro atoms. The van der Waals surface area contributed by atoms with E-state index >= 15 is 0 Å². The minimum atomic E-state index is -0.509. The minimum absolute atomic E-state index is 0.0718. The van der Waals surface area contributed by atoms with Crippen molar-refractivity contribution in [2.75, 3.05) is 13.2 Å². The molecule has 130 valence electrons. The molecule has 7 nitrogen and oxygen atoms in total. The molecule has 1 aliphatic rings. The Hall–Kier alpha value is -3.09. The molecule has 0 aliphatic carbocycles. The molecule has 0 saturated carbocycles. The quantitative estimate of drug-likeness (QED) is 0.617. The van der Waals surface area contributed by atoms with Gasteiger partial charge < -0.3 is 14.8 Å². The van der Waals surface area contributed by atoms with Gasteiger partial charge in [-0.15, -0.1) is 0 Å². The monoisotopic (exact) mass is 342 g/mol. The fourth-order valence-electron chi connectivity index (χ4n) is 2.67. The average Bonchev–Trinajstić information content (AvgIpc) is 3.03.